The van der Waals surface area contributed by atoms with Crippen LogP contribution in [0.5, 0.6) is 5.75 Å². The summed E-state index contributed by atoms with van der Waals surface area (Å²) in [5, 5.41) is 3.49. The van der Waals surface area contributed by atoms with Crippen LogP contribution in [0.4, 0.5) is 0 Å². The molecule has 2 nitrogen and oxygen atoms in total. The van der Waals surface area contributed by atoms with E-state index in [1.165, 1.54) is 10.4 Å². The largest absolute Gasteiger partial charge is 0.494 e. The average molecular weight is 296 g/mol. The Balaban J connectivity index is 2.30. The molecule has 0 amide bonds. The molecule has 0 aliphatic carbocycles. The molecule has 1 unspecified atom stereocenters. The van der Waals surface area contributed by atoms with Gasteiger partial charge in [-0.25, -0.2) is 0 Å². The molecule has 1 aromatic carbocycles. The Morgan fingerprint density at radius 3 is 2.74 bits per heavy atom. The lowest BCUT2D eigenvalue weighted by molar-refractivity contribution is 0.339. The molecule has 2 rings (SSSR count). The lowest BCUT2D eigenvalue weighted by Crippen LogP contribution is -2.21. The second kappa shape index (κ2) is 6.94. The Morgan fingerprint density at radius 2 is 2.11 bits per heavy atom. The Hall–Kier alpha value is -1.03. The monoisotopic (exact) mass is 295 g/mol. The van der Waals surface area contributed by atoms with Crippen molar-refractivity contribution in [1.29, 1.82) is 0 Å². The molecule has 0 bridgehead atoms. The highest BCUT2D eigenvalue weighted by atomic mass is 35.5. The van der Waals surface area contributed by atoms with E-state index in [9.17, 15) is 0 Å². The van der Waals surface area contributed by atoms with Gasteiger partial charge in [-0.15, -0.1) is 11.3 Å². The molecule has 1 heterocycles. The van der Waals surface area contributed by atoms with Gasteiger partial charge >= 0.3 is 0 Å². The maximum atomic E-state index is 6.04. The second-order valence-corrected chi connectivity index (χ2v) is 5.88. The van der Waals surface area contributed by atoms with Gasteiger partial charge in [0.05, 0.1) is 17.0 Å². The van der Waals surface area contributed by atoms with E-state index in [1.807, 2.05) is 25.1 Å². The summed E-state index contributed by atoms with van der Waals surface area (Å²) in [5.74, 6) is 0.908. The first-order valence-corrected chi connectivity index (χ1v) is 7.65. The van der Waals surface area contributed by atoms with Gasteiger partial charge in [0.15, 0.2) is 0 Å². The number of benzene rings is 1. The van der Waals surface area contributed by atoms with Gasteiger partial charge in [0, 0.05) is 4.88 Å². The molecule has 1 N–H and O–H groups in total. The van der Waals surface area contributed by atoms with Crippen molar-refractivity contribution in [1.82, 2.24) is 5.32 Å². The molecule has 0 fully saturated rings. The Morgan fingerprint density at radius 1 is 1.26 bits per heavy atom. The maximum absolute atomic E-state index is 6.04. The summed E-state index contributed by atoms with van der Waals surface area (Å²) >= 11 is 7.65. The third-order valence-corrected chi connectivity index (χ3v) is 4.09. The number of nitrogens with one attached hydrogen (secondary N) is 1. The lowest BCUT2D eigenvalue weighted by atomic mass is 10.1. The van der Waals surface area contributed by atoms with Crippen LogP contribution >= 0.6 is 22.9 Å². The first-order valence-electron chi connectivity index (χ1n) is 6.46. The average Bonchev–Trinajstić information content (AvgIpc) is 2.83. The molecule has 4 heteroatoms. The van der Waals surface area contributed by atoms with Crippen molar-refractivity contribution < 1.29 is 4.74 Å². The number of halogens is 1. The van der Waals surface area contributed by atoms with E-state index in [0.717, 1.165) is 16.6 Å². The molecule has 0 aliphatic rings. The highest BCUT2D eigenvalue weighted by Gasteiger charge is 2.15. The summed E-state index contributed by atoms with van der Waals surface area (Å²) < 4.78 is 6.38. The van der Waals surface area contributed by atoms with E-state index in [-0.39, 0.29) is 6.04 Å². The summed E-state index contributed by atoms with van der Waals surface area (Å²) in [6.07, 6.45) is 0. The van der Waals surface area contributed by atoms with Gasteiger partial charge < -0.3 is 10.1 Å². The van der Waals surface area contributed by atoms with Gasteiger partial charge in [-0.2, -0.15) is 0 Å². The lowest BCUT2D eigenvalue weighted by Gasteiger charge is -2.17. The summed E-state index contributed by atoms with van der Waals surface area (Å²) in [6.45, 7) is 5.68. The van der Waals surface area contributed by atoms with Gasteiger partial charge in [-0.05, 0) is 43.3 Å². The SMILES string of the molecule is CCNC(c1cccc(OCC)c1)c1ccc(Cl)s1. The third-order valence-electron chi connectivity index (χ3n) is 2.79. The molecule has 2 aromatic rings. The molecule has 0 saturated carbocycles. The molecular formula is C15H18ClNOS. The van der Waals surface area contributed by atoms with Crippen molar-refractivity contribution in [2.75, 3.05) is 13.2 Å². The predicted molar refractivity (Wildman–Crippen MR) is 82.5 cm³/mol. The van der Waals surface area contributed by atoms with Crippen molar-refractivity contribution in [3.05, 3.63) is 51.2 Å². The van der Waals surface area contributed by atoms with E-state index in [4.69, 9.17) is 16.3 Å². The normalized spacial score (nSPS) is 12.4. The van der Waals surface area contributed by atoms with Crippen LogP contribution in [0.2, 0.25) is 4.34 Å². The van der Waals surface area contributed by atoms with Crippen LogP contribution in [-0.4, -0.2) is 13.2 Å². The predicted octanol–water partition coefficient (Wildman–Crippen LogP) is 4.50. The number of ether oxygens (including phenoxy) is 1. The third kappa shape index (κ3) is 3.72. The minimum atomic E-state index is 0.169. The number of rotatable bonds is 6. The van der Waals surface area contributed by atoms with Crippen molar-refractivity contribution in [2.24, 2.45) is 0 Å². The van der Waals surface area contributed by atoms with Gasteiger partial charge in [0.25, 0.3) is 0 Å². The fourth-order valence-corrected chi connectivity index (χ4v) is 3.19. The highest BCUT2D eigenvalue weighted by Crippen LogP contribution is 2.32. The minimum Gasteiger partial charge on any atom is -0.494 e. The molecule has 0 aliphatic heterocycles. The first-order chi connectivity index (χ1) is 9.24. The van der Waals surface area contributed by atoms with E-state index in [1.54, 1.807) is 11.3 Å². The minimum absolute atomic E-state index is 0.169. The fourth-order valence-electron chi connectivity index (χ4n) is 2.02. The van der Waals surface area contributed by atoms with Gasteiger partial charge in [0.2, 0.25) is 0 Å². The van der Waals surface area contributed by atoms with E-state index >= 15 is 0 Å². The second-order valence-electron chi connectivity index (χ2n) is 4.14. The van der Waals surface area contributed by atoms with Crippen LogP contribution in [0.15, 0.2) is 36.4 Å². The molecule has 19 heavy (non-hydrogen) atoms. The van der Waals surface area contributed by atoms with Crippen LogP contribution in [0.1, 0.15) is 30.3 Å². The summed E-state index contributed by atoms with van der Waals surface area (Å²) in [7, 11) is 0. The topological polar surface area (TPSA) is 21.3 Å². The first kappa shape index (κ1) is 14.4. The maximum Gasteiger partial charge on any atom is 0.119 e. The Labute approximate surface area is 123 Å². The van der Waals surface area contributed by atoms with Crippen molar-refractivity contribution in [2.45, 2.75) is 19.9 Å². The molecular weight excluding hydrogens is 278 g/mol. The zero-order valence-electron chi connectivity index (χ0n) is 11.2. The molecule has 1 atom stereocenters. The van der Waals surface area contributed by atoms with Gasteiger partial charge in [-0.1, -0.05) is 30.7 Å². The van der Waals surface area contributed by atoms with Crippen LogP contribution in [0, 0.1) is 0 Å². The van der Waals surface area contributed by atoms with Crippen LogP contribution in [-0.2, 0) is 0 Å². The quantitative estimate of drug-likeness (QED) is 0.847. The zero-order chi connectivity index (χ0) is 13.7. The number of hydrogen-bond donors (Lipinski definition) is 1. The van der Waals surface area contributed by atoms with Crippen LogP contribution < -0.4 is 10.1 Å². The number of hydrogen-bond acceptors (Lipinski definition) is 3. The van der Waals surface area contributed by atoms with Crippen LogP contribution in [0.25, 0.3) is 0 Å². The van der Waals surface area contributed by atoms with E-state index in [0.29, 0.717) is 6.61 Å². The smallest absolute Gasteiger partial charge is 0.119 e. The zero-order valence-corrected chi connectivity index (χ0v) is 12.7. The summed E-state index contributed by atoms with van der Waals surface area (Å²) in [6, 6.07) is 12.4. The standard InChI is InChI=1S/C15H18ClNOS/c1-3-17-15(13-8-9-14(16)19-13)11-6-5-7-12(10-11)18-4-2/h5-10,15,17H,3-4H2,1-2H3. The molecule has 102 valence electrons. The highest BCUT2D eigenvalue weighted by molar-refractivity contribution is 7.16. The molecule has 0 spiro atoms. The van der Waals surface area contributed by atoms with Crippen molar-refractivity contribution in [3.63, 3.8) is 0 Å². The summed E-state index contributed by atoms with van der Waals surface area (Å²) in [5.41, 5.74) is 1.20. The van der Waals surface area contributed by atoms with Crippen LogP contribution in [0.3, 0.4) is 0 Å². The fraction of sp³-hybridized carbons (Fsp3) is 0.333. The van der Waals surface area contributed by atoms with Gasteiger partial charge in [0.1, 0.15) is 5.75 Å². The van der Waals surface area contributed by atoms with E-state index in [2.05, 4.69) is 30.4 Å². The molecule has 1 aromatic heterocycles. The van der Waals surface area contributed by atoms with Crippen molar-refractivity contribution in [3.8, 4) is 5.75 Å². The van der Waals surface area contributed by atoms with Gasteiger partial charge in [-0.3, -0.25) is 0 Å². The number of thiophene rings is 1. The summed E-state index contributed by atoms with van der Waals surface area (Å²) in [4.78, 5) is 1.22. The van der Waals surface area contributed by atoms with E-state index < -0.39 is 0 Å². The Kier molecular flexibility index (Phi) is 5.25. The molecule has 0 radical (unpaired) electrons. The Bertz CT molecular complexity index is 526. The molecule has 0 saturated heterocycles. The van der Waals surface area contributed by atoms with Crippen molar-refractivity contribution >= 4 is 22.9 Å².